The third-order valence-corrected chi connectivity index (χ3v) is 3.30. The van der Waals surface area contributed by atoms with Crippen molar-refractivity contribution in [3.63, 3.8) is 0 Å². The Bertz CT molecular complexity index is 511. The molecule has 0 radical (unpaired) electrons. The molecule has 2 rings (SSSR count). The minimum atomic E-state index is -0.401. The number of aliphatic hydroxyl groups excluding tert-OH is 1. The molecule has 0 aliphatic heterocycles. The molecule has 0 fully saturated rings. The van der Waals surface area contributed by atoms with Crippen LogP contribution >= 0.6 is 15.9 Å². The predicted octanol–water partition coefficient (Wildman–Crippen LogP) is 3.87. The Morgan fingerprint density at radius 2 is 1.95 bits per heavy atom. The Hall–Kier alpha value is -1.39. The van der Waals surface area contributed by atoms with Crippen molar-refractivity contribution in [3.05, 3.63) is 58.3 Å². The lowest BCUT2D eigenvalue weighted by Crippen LogP contribution is -1.99. The van der Waals surface area contributed by atoms with E-state index in [1.54, 1.807) is 6.20 Å². The van der Waals surface area contributed by atoms with E-state index in [4.69, 9.17) is 4.74 Å². The van der Waals surface area contributed by atoms with Gasteiger partial charge in [0.15, 0.2) is 0 Å². The van der Waals surface area contributed by atoms with E-state index < -0.39 is 6.10 Å². The van der Waals surface area contributed by atoms with Gasteiger partial charge in [0.2, 0.25) is 0 Å². The van der Waals surface area contributed by atoms with Crippen molar-refractivity contribution in [2.75, 3.05) is 0 Å². The molecule has 0 amide bonds. The molecule has 1 heterocycles. The van der Waals surface area contributed by atoms with Gasteiger partial charge in [-0.15, -0.1) is 0 Å². The number of rotatable bonds is 5. The van der Waals surface area contributed by atoms with Crippen molar-refractivity contribution in [3.8, 4) is 5.75 Å². The van der Waals surface area contributed by atoms with Crippen LogP contribution in [0.4, 0.5) is 0 Å². The van der Waals surface area contributed by atoms with E-state index in [1.807, 2.05) is 43.3 Å². The number of pyridine rings is 1. The SMILES string of the molecule is CCC(O)c1ccc(OCc2ccc(Br)cn2)cc1. The van der Waals surface area contributed by atoms with Gasteiger partial charge >= 0.3 is 0 Å². The van der Waals surface area contributed by atoms with Gasteiger partial charge < -0.3 is 9.84 Å². The number of hydrogen-bond donors (Lipinski definition) is 1. The maximum absolute atomic E-state index is 9.70. The van der Waals surface area contributed by atoms with Gasteiger partial charge in [-0.25, -0.2) is 0 Å². The number of benzene rings is 1. The fourth-order valence-electron chi connectivity index (χ4n) is 1.67. The van der Waals surface area contributed by atoms with Gasteiger partial charge in [-0.05, 0) is 52.2 Å². The lowest BCUT2D eigenvalue weighted by molar-refractivity contribution is 0.173. The molecule has 3 nitrogen and oxygen atoms in total. The summed E-state index contributed by atoms with van der Waals surface area (Å²) >= 11 is 3.34. The molecule has 100 valence electrons. The summed E-state index contributed by atoms with van der Waals surface area (Å²) in [4.78, 5) is 4.24. The zero-order valence-corrected chi connectivity index (χ0v) is 12.3. The number of nitrogens with zero attached hydrogens (tertiary/aromatic N) is 1. The molecular formula is C15H16BrNO2. The second kappa shape index (κ2) is 6.68. The second-order valence-electron chi connectivity index (χ2n) is 4.25. The molecule has 4 heteroatoms. The molecule has 1 unspecified atom stereocenters. The maximum Gasteiger partial charge on any atom is 0.130 e. The summed E-state index contributed by atoms with van der Waals surface area (Å²) in [6, 6.07) is 11.4. The topological polar surface area (TPSA) is 42.4 Å². The lowest BCUT2D eigenvalue weighted by Gasteiger charge is -2.10. The van der Waals surface area contributed by atoms with Crippen LogP contribution in [0.3, 0.4) is 0 Å². The van der Waals surface area contributed by atoms with Crippen LogP contribution in [0.1, 0.15) is 30.7 Å². The van der Waals surface area contributed by atoms with E-state index in [2.05, 4.69) is 20.9 Å². The fraction of sp³-hybridized carbons (Fsp3) is 0.267. The smallest absolute Gasteiger partial charge is 0.130 e. The number of hydrogen-bond acceptors (Lipinski definition) is 3. The van der Waals surface area contributed by atoms with E-state index in [1.165, 1.54) is 0 Å². The molecule has 0 bridgehead atoms. The van der Waals surface area contributed by atoms with Crippen molar-refractivity contribution < 1.29 is 9.84 Å². The molecule has 1 aromatic heterocycles. The van der Waals surface area contributed by atoms with Crippen LogP contribution in [-0.2, 0) is 6.61 Å². The normalized spacial score (nSPS) is 12.2. The minimum Gasteiger partial charge on any atom is -0.487 e. The largest absolute Gasteiger partial charge is 0.487 e. The number of aromatic nitrogens is 1. The average Bonchev–Trinajstić information content (AvgIpc) is 2.46. The highest BCUT2D eigenvalue weighted by Gasteiger charge is 2.04. The molecule has 0 aliphatic rings. The van der Waals surface area contributed by atoms with Crippen LogP contribution in [0.2, 0.25) is 0 Å². The summed E-state index contributed by atoms with van der Waals surface area (Å²) in [7, 11) is 0. The van der Waals surface area contributed by atoms with E-state index in [-0.39, 0.29) is 0 Å². The number of ether oxygens (including phenoxy) is 1. The first-order valence-electron chi connectivity index (χ1n) is 6.20. The highest BCUT2D eigenvalue weighted by Crippen LogP contribution is 2.20. The summed E-state index contributed by atoms with van der Waals surface area (Å²) in [5.41, 5.74) is 1.79. The number of halogens is 1. The third-order valence-electron chi connectivity index (χ3n) is 2.83. The highest BCUT2D eigenvalue weighted by molar-refractivity contribution is 9.10. The van der Waals surface area contributed by atoms with Gasteiger partial charge in [-0.1, -0.05) is 19.1 Å². The van der Waals surface area contributed by atoms with Crippen LogP contribution in [0, 0.1) is 0 Å². The maximum atomic E-state index is 9.70. The van der Waals surface area contributed by atoms with Crippen molar-refractivity contribution in [1.29, 1.82) is 0 Å². The Balaban J connectivity index is 1.94. The quantitative estimate of drug-likeness (QED) is 0.909. The van der Waals surface area contributed by atoms with E-state index in [0.29, 0.717) is 13.0 Å². The number of aliphatic hydroxyl groups is 1. The molecule has 1 aromatic carbocycles. The summed E-state index contributed by atoms with van der Waals surface area (Å²) in [6.07, 6.45) is 2.06. The van der Waals surface area contributed by atoms with Crippen LogP contribution in [0.5, 0.6) is 5.75 Å². The first-order chi connectivity index (χ1) is 9.19. The van der Waals surface area contributed by atoms with Gasteiger partial charge in [0, 0.05) is 10.7 Å². The highest BCUT2D eigenvalue weighted by atomic mass is 79.9. The van der Waals surface area contributed by atoms with Crippen molar-refractivity contribution >= 4 is 15.9 Å². The lowest BCUT2D eigenvalue weighted by atomic mass is 10.1. The van der Waals surface area contributed by atoms with Gasteiger partial charge in [-0.2, -0.15) is 0 Å². The first-order valence-corrected chi connectivity index (χ1v) is 6.99. The van der Waals surface area contributed by atoms with Crippen molar-refractivity contribution in [1.82, 2.24) is 4.98 Å². The molecular weight excluding hydrogens is 306 g/mol. The fourth-order valence-corrected chi connectivity index (χ4v) is 1.91. The zero-order chi connectivity index (χ0) is 13.7. The Kier molecular flexibility index (Phi) is 4.93. The van der Waals surface area contributed by atoms with Gasteiger partial charge in [0.25, 0.3) is 0 Å². The van der Waals surface area contributed by atoms with Gasteiger partial charge in [0.05, 0.1) is 11.8 Å². The summed E-state index contributed by atoms with van der Waals surface area (Å²) in [5.74, 6) is 0.775. The van der Waals surface area contributed by atoms with Crippen LogP contribution in [0.25, 0.3) is 0 Å². The summed E-state index contributed by atoms with van der Waals surface area (Å²) in [6.45, 7) is 2.39. The van der Waals surface area contributed by atoms with Gasteiger partial charge in [-0.3, -0.25) is 4.98 Å². The molecule has 0 aliphatic carbocycles. The molecule has 1 N–H and O–H groups in total. The minimum absolute atomic E-state index is 0.401. The average molecular weight is 322 g/mol. The summed E-state index contributed by atoms with van der Waals surface area (Å²) in [5, 5.41) is 9.70. The molecule has 0 spiro atoms. The molecule has 0 saturated heterocycles. The van der Waals surface area contributed by atoms with Crippen molar-refractivity contribution in [2.45, 2.75) is 26.1 Å². The molecule has 19 heavy (non-hydrogen) atoms. The van der Waals surface area contributed by atoms with E-state index in [9.17, 15) is 5.11 Å². The standard InChI is InChI=1S/C15H16BrNO2/c1-2-15(18)11-3-7-14(8-4-11)19-10-13-6-5-12(16)9-17-13/h3-9,15,18H,2,10H2,1H3. The van der Waals surface area contributed by atoms with E-state index >= 15 is 0 Å². The Labute approximate surface area is 121 Å². The van der Waals surface area contributed by atoms with E-state index in [0.717, 1.165) is 21.5 Å². The second-order valence-corrected chi connectivity index (χ2v) is 5.17. The molecule has 0 saturated carbocycles. The Morgan fingerprint density at radius 3 is 2.53 bits per heavy atom. The van der Waals surface area contributed by atoms with Crippen LogP contribution in [-0.4, -0.2) is 10.1 Å². The molecule has 2 aromatic rings. The zero-order valence-electron chi connectivity index (χ0n) is 10.7. The van der Waals surface area contributed by atoms with Crippen LogP contribution < -0.4 is 4.74 Å². The van der Waals surface area contributed by atoms with Gasteiger partial charge in [0.1, 0.15) is 12.4 Å². The van der Waals surface area contributed by atoms with Crippen molar-refractivity contribution in [2.24, 2.45) is 0 Å². The summed E-state index contributed by atoms with van der Waals surface area (Å²) < 4.78 is 6.59. The molecule has 1 atom stereocenters. The Morgan fingerprint density at radius 1 is 1.21 bits per heavy atom. The third kappa shape index (κ3) is 4.04. The monoisotopic (exact) mass is 321 g/mol. The predicted molar refractivity (Wildman–Crippen MR) is 78.0 cm³/mol. The van der Waals surface area contributed by atoms with Crippen LogP contribution in [0.15, 0.2) is 47.1 Å². The first kappa shape index (κ1) is 14.0.